The third-order valence-electron chi connectivity index (χ3n) is 3.54. The van der Waals surface area contributed by atoms with Gasteiger partial charge in [0.15, 0.2) is 0 Å². The monoisotopic (exact) mass is 248 g/mol. The van der Waals surface area contributed by atoms with Gasteiger partial charge in [0, 0.05) is 6.54 Å². The second-order valence-electron chi connectivity index (χ2n) is 5.10. The molecule has 18 heavy (non-hydrogen) atoms. The number of aromatic hydroxyl groups is 1. The lowest BCUT2D eigenvalue weighted by atomic mass is 10.2. The number of rotatable bonds is 7. The number of phenols is 1. The summed E-state index contributed by atoms with van der Waals surface area (Å²) >= 11 is 0. The van der Waals surface area contributed by atoms with E-state index < -0.39 is 0 Å². The molecule has 3 heteroatoms. The Morgan fingerprint density at radius 1 is 1.06 bits per heavy atom. The zero-order valence-corrected chi connectivity index (χ0v) is 11.1. The summed E-state index contributed by atoms with van der Waals surface area (Å²) in [4.78, 5) is 2.57. The quantitative estimate of drug-likeness (QED) is 0.727. The molecule has 1 aliphatic heterocycles. The molecule has 2 rings (SSSR count). The summed E-state index contributed by atoms with van der Waals surface area (Å²) < 4.78 is 0. The number of phenolic OH excluding ortho intramolecular Hbond substituents is 1. The van der Waals surface area contributed by atoms with Gasteiger partial charge in [0.2, 0.25) is 0 Å². The highest BCUT2D eigenvalue weighted by atomic mass is 16.3. The molecule has 3 nitrogen and oxygen atoms in total. The van der Waals surface area contributed by atoms with Crippen LogP contribution in [0.4, 0.5) is 0 Å². The molecule has 0 bridgehead atoms. The molecular formula is C15H24N2O. The molecule has 1 aromatic carbocycles. The summed E-state index contributed by atoms with van der Waals surface area (Å²) in [7, 11) is 0. The summed E-state index contributed by atoms with van der Waals surface area (Å²) in [6, 6.07) is 7.41. The fourth-order valence-corrected chi connectivity index (χ4v) is 2.44. The van der Waals surface area contributed by atoms with E-state index in [2.05, 4.69) is 10.2 Å². The largest absolute Gasteiger partial charge is 0.508 e. The molecule has 0 radical (unpaired) electrons. The molecule has 1 saturated heterocycles. The maximum atomic E-state index is 9.18. The third-order valence-corrected chi connectivity index (χ3v) is 3.54. The number of nitrogens with zero attached hydrogens (tertiary/aromatic N) is 1. The predicted octanol–water partition coefficient (Wildman–Crippen LogP) is 2.36. The van der Waals surface area contributed by atoms with Crippen molar-refractivity contribution in [3.63, 3.8) is 0 Å². The van der Waals surface area contributed by atoms with E-state index in [1.165, 1.54) is 50.9 Å². The van der Waals surface area contributed by atoms with Crippen molar-refractivity contribution in [1.29, 1.82) is 0 Å². The number of likely N-dealkylation sites (tertiary alicyclic amines) is 1. The molecule has 0 unspecified atom stereocenters. The van der Waals surface area contributed by atoms with Crippen LogP contribution in [-0.2, 0) is 6.54 Å². The van der Waals surface area contributed by atoms with E-state index in [1.54, 1.807) is 12.1 Å². The topological polar surface area (TPSA) is 35.5 Å². The maximum Gasteiger partial charge on any atom is 0.115 e. The molecular weight excluding hydrogens is 224 g/mol. The molecule has 0 atom stereocenters. The van der Waals surface area contributed by atoms with Crippen LogP contribution < -0.4 is 5.32 Å². The Kier molecular flexibility index (Phi) is 5.49. The Bertz CT molecular complexity index is 331. The smallest absolute Gasteiger partial charge is 0.115 e. The van der Waals surface area contributed by atoms with Crippen LogP contribution >= 0.6 is 0 Å². The van der Waals surface area contributed by atoms with Crippen LogP contribution in [0.15, 0.2) is 24.3 Å². The minimum atomic E-state index is 0.337. The second-order valence-corrected chi connectivity index (χ2v) is 5.10. The van der Waals surface area contributed by atoms with Crippen LogP contribution in [0.5, 0.6) is 5.75 Å². The van der Waals surface area contributed by atoms with Crippen LogP contribution in [0.3, 0.4) is 0 Å². The molecule has 1 heterocycles. The molecule has 100 valence electrons. The summed E-state index contributed by atoms with van der Waals surface area (Å²) in [6.07, 6.45) is 5.31. The highest BCUT2D eigenvalue weighted by Gasteiger charge is 2.09. The molecule has 2 N–H and O–H groups in total. The van der Waals surface area contributed by atoms with E-state index in [9.17, 15) is 5.11 Å². The van der Waals surface area contributed by atoms with Gasteiger partial charge in [-0.3, -0.25) is 0 Å². The Morgan fingerprint density at radius 2 is 1.78 bits per heavy atom. The fraction of sp³-hybridized carbons (Fsp3) is 0.600. The van der Waals surface area contributed by atoms with Gasteiger partial charge in [-0.2, -0.15) is 0 Å². The molecule has 0 amide bonds. The van der Waals surface area contributed by atoms with Crippen molar-refractivity contribution in [2.24, 2.45) is 0 Å². The standard InChI is InChI=1S/C15H24N2O/c18-15-7-5-14(6-8-15)13-16-9-1-2-10-17-11-3-4-12-17/h5-8,16,18H,1-4,9-13H2. The minimum Gasteiger partial charge on any atom is -0.508 e. The van der Waals surface area contributed by atoms with Crippen molar-refractivity contribution >= 4 is 0 Å². The van der Waals surface area contributed by atoms with Gasteiger partial charge in [-0.25, -0.2) is 0 Å². The first-order chi connectivity index (χ1) is 8.84. The number of hydrogen-bond acceptors (Lipinski definition) is 3. The molecule has 1 aliphatic rings. The minimum absolute atomic E-state index is 0.337. The van der Waals surface area contributed by atoms with Crippen molar-refractivity contribution in [1.82, 2.24) is 10.2 Å². The van der Waals surface area contributed by atoms with Crippen LogP contribution in [0.25, 0.3) is 0 Å². The molecule has 1 aromatic rings. The third kappa shape index (κ3) is 4.67. The molecule has 0 spiro atoms. The van der Waals surface area contributed by atoms with E-state index in [4.69, 9.17) is 0 Å². The molecule has 0 saturated carbocycles. The van der Waals surface area contributed by atoms with Crippen molar-refractivity contribution in [3.05, 3.63) is 29.8 Å². The zero-order valence-electron chi connectivity index (χ0n) is 11.1. The van der Waals surface area contributed by atoms with Gasteiger partial charge >= 0.3 is 0 Å². The van der Waals surface area contributed by atoms with Crippen molar-refractivity contribution in [3.8, 4) is 5.75 Å². The van der Waals surface area contributed by atoms with Crippen LogP contribution in [0, 0.1) is 0 Å². The van der Waals surface area contributed by atoms with E-state index >= 15 is 0 Å². The Hall–Kier alpha value is -1.06. The SMILES string of the molecule is Oc1ccc(CNCCCCN2CCCC2)cc1. The van der Waals surface area contributed by atoms with Crippen LogP contribution in [0.2, 0.25) is 0 Å². The Morgan fingerprint density at radius 3 is 2.50 bits per heavy atom. The second kappa shape index (κ2) is 7.39. The first-order valence-electron chi connectivity index (χ1n) is 7.05. The average molecular weight is 248 g/mol. The normalized spacial score (nSPS) is 16.2. The highest BCUT2D eigenvalue weighted by Crippen LogP contribution is 2.09. The summed E-state index contributed by atoms with van der Waals surface area (Å²) in [5.41, 5.74) is 1.23. The van der Waals surface area contributed by atoms with Gasteiger partial charge in [-0.05, 0) is 69.6 Å². The van der Waals surface area contributed by atoms with Crippen molar-refractivity contribution in [2.75, 3.05) is 26.2 Å². The molecule has 1 fully saturated rings. The number of benzene rings is 1. The van der Waals surface area contributed by atoms with E-state index in [-0.39, 0.29) is 0 Å². The summed E-state index contributed by atoms with van der Waals surface area (Å²) in [5, 5.41) is 12.6. The first-order valence-corrected chi connectivity index (χ1v) is 7.05. The first kappa shape index (κ1) is 13.4. The molecule has 0 aromatic heterocycles. The lowest BCUT2D eigenvalue weighted by molar-refractivity contribution is 0.329. The lowest BCUT2D eigenvalue weighted by Gasteiger charge is -2.14. The van der Waals surface area contributed by atoms with Gasteiger partial charge < -0.3 is 15.3 Å². The predicted molar refractivity (Wildman–Crippen MR) is 74.7 cm³/mol. The summed E-state index contributed by atoms with van der Waals surface area (Å²) in [6.45, 7) is 5.85. The Balaban J connectivity index is 1.49. The van der Waals surface area contributed by atoms with Gasteiger partial charge in [0.25, 0.3) is 0 Å². The number of unbranched alkanes of at least 4 members (excludes halogenated alkanes) is 1. The van der Waals surface area contributed by atoms with Crippen LogP contribution in [-0.4, -0.2) is 36.2 Å². The highest BCUT2D eigenvalue weighted by molar-refractivity contribution is 5.25. The van der Waals surface area contributed by atoms with Gasteiger partial charge in [0.05, 0.1) is 0 Å². The molecule has 0 aliphatic carbocycles. The van der Waals surface area contributed by atoms with Gasteiger partial charge in [0.1, 0.15) is 5.75 Å². The maximum absolute atomic E-state index is 9.18. The van der Waals surface area contributed by atoms with E-state index in [0.29, 0.717) is 5.75 Å². The summed E-state index contributed by atoms with van der Waals surface area (Å²) in [5.74, 6) is 0.337. The van der Waals surface area contributed by atoms with Crippen LogP contribution in [0.1, 0.15) is 31.2 Å². The van der Waals surface area contributed by atoms with Crippen molar-refractivity contribution in [2.45, 2.75) is 32.2 Å². The lowest BCUT2D eigenvalue weighted by Crippen LogP contribution is -2.22. The van der Waals surface area contributed by atoms with E-state index in [0.717, 1.165) is 13.1 Å². The number of nitrogens with one attached hydrogen (secondary N) is 1. The number of hydrogen-bond donors (Lipinski definition) is 2. The van der Waals surface area contributed by atoms with E-state index in [1.807, 2.05) is 12.1 Å². The van der Waals surface area contributed by atoms with Gasteiger partial charge in [-0.15, -0.1) is 0 Å². The van der Waals surface area contributed by atoms with Gasteiger partial charge in [-0.1, -0.05) is 12.1 Å². The zero-order chi connectivity index (χ0) is 12.6. The Labute approximate surface area is 110 Å². The van der Waals surface area contributed by atoms with Crippen molar-refractivity contribution < 1.29 is 5.11 Å². The fourth-order valence-electron chi connectivity index (χ4n) is 2.44. The average Bonchev–Trinajstić information content (AvgIpc) is 2.89.